The van der Waals surface area contributed by atoms with Crippen molar-refractivity contribution in [2.75, 3.05) is 13.2 Å². The molecule has 3 atom stereocenters. The Hall–Kier alpha value is -0.120. The average molecular weight is 259 g/mol. The molecule has 0 amide bonds. The van der Waals surface area contributed by atoms with E-state index < -0.39 is 11.1 Å². The molecule has 0 aliphatic rings. The molecule has 3 heteroatoms. The standard InChI is InChI=1S/C15H33NO2/c1-11(2)12(3)8-9-18-14(5,6)15(7,16)13(4)10-17/h11-13,17H,8-10,16H2,1-7H3. The van der Waals surface area contributed by atoms with Gasteiger partial charge in [-0.25, -0.2) is 0 Å². The maximum atomic E-state index is 9.28. The number of rotatable bonds is 8. The summed E-state index contributed by atoms with van der Waals surface area (Å²) in [6, 6.07) is 0. The van der Waals surface area contributed by atoms with Crippen LogP contribution in [-0.2, 0) is 4.74 Å². The normalized spacial score (nSPS) is 19.7. The quantitative estimate of drug-likeness (QED) is 0.705. The Morgan fingerprint density at radius 2 is 1.61 bits per heavy atom. The molecule has 0 aliphatic heterocycles. The van der Waals surface area contributed by atoms with Gasteiger partial charge in [0.2, 0.25) is 0 Å². The monoisotopic (exact) mass is 259 g/mol. The van der Waals surface area contributed by atoms with Crippen molar-refractivity contribution in [3.63, 3.8) is 0 Å². The summed E-state index contributed by atoms with van der Waals surface area (Å²) in [4.78, 5) is 0. The summed E-state index contributed by atoms with van der Waals surface area (Å²) in [6.45, 7) is 15.5. The maximum absolute atomic E-state index is 9.28. The largest absolute Gasteiger partial charge is 0.396 e. The molecule has 0 saturated heterocycles. The van der Waals surface area contributed by atoms with Gasteiger partial charge in [-0.05, 0) is 44.9 Å². The number of ether oxygens (including phenoxy) is 1. The van der Waals surface area contributed by atoms with E-state index in [1.165, 1.54) is 0 Å². The van der Waals surface area contributed by atoms with Crippen LogP contribution in [0, 0.1) is 17.8 Å². The molecule has 0 bridgehead atoms. The van der Waals surface area contributed by atoms with Crippen molar-refractivity contribution in [3.05, 3.63) is 0 Å². The third-order valence-corrected chi connectivity index (χ3v) is 4.77. The van der Waals surface area contributed by atoms with Gasteiger partial charge < -0.3 is 15.6 Å². The predicted molar refractivity (Wildman–Crippen MR) is 77.5 cm³/mol. The van der Waals surface area contributed by atoms with E-state index in [0.717, 1.165) is 13.0 Å². The van der Waals surface area contributed by atoms with Crippen LogP contribution in [0.15, 0.2) is 0 Å². The highest BCUT2D eigenvalue weighted by Gasteiger charge is 2.42. The zero-order valence-electron chi connectivity index (χ0n) is 13.3. The molecule has 0 aromatic heterocycles. The highest BCUT2D eigenvalue weighted by Crippen LogP contribution is 2.30. The second-order valence-electron chi connectivity index (χ2n) is 6.74. The van der Waals surface area contributed by atoms with Gasteiger partial charge in [0.25, 0.3) is 0 Å². The summed E-state index contributed by atoms with van der Waals surface area (Å²) in [5.74, 6) is 1.34. The molecule has 3 nitrogen and oxygen atoms in total. The second-order valence-corrected chi connectivity index (χ2v) is 6.74. The Morgan fingerprint density at radius 1 is 1.11 bits per heavy atom. The van der Waals surface area contributed by atoms with E-state index in [4.69, 9.17) is 10.5 Å². The Morgan fingerprint density at radius 3 is 2.00 bits per heavy atom. The van der Waals surface area contributed by atoms with Gasteiger partial charge in [0.15, 0.2) is 0 Å². The van der Waals surface area contributed by atoms with Gasteiger partial charge in [-0.15, -0.1) is 0 Å². The number of aliphatic hydroxyl groups excluding tert-OH is 1. The number of hydrogen-bond acceptors (Lipinski definition) is 3. The molecule has 0 radical (unpaired) electrons. The number of aliphatic hydroxyl groups is 1. The summed E-state index contributed by atoms with van der Waals surface area (Å²) >= 11 is 0. The van der Waals surface area contributed by atoms with Crippen LogP contribution >= 0.6 is 0 Å². The lowest BCUT2D eigenvalue weighted by atomic mass is 9.75. The molecule has 0 aliphatic carbocycles. The van der Waals surface area contributed by atoms with Crippen molar-refractivity contribution in [2.24, 2.45) is 23.5 Å². The van der Waals surface area contributed by atoms with E-state index in [1.54, 1.807) is 0 Å². The molecule has 0 aromatic carbocycles. The summed E-state index contributed by atoms with van der Waals surface area (Å²) in [7, 11) is 0. The third kappa shape index (κ3) is 4.52. The summed E-state index contributed by atoms with van der Waals surface area (Å²) in [6.07, 6.45) is 1.05. The average Bonchev–Trinajstić information content (AvgIpc) is 2.26. The van der Waals surface area contributed by atoms with Crippen molar-refractivity contribution in [3.8, 4) is 0 Å². The first kappa shape index (κ1) is 17.9. The maximum Gasteiger partial charge on any atom is 0.0805 e. The third-order valence-electron chi connectivity index (χ3n) is 4.77. The van der Waals surface area contributed by atoms with Gasteiger partial charge in [-0.1, -0.05) is 27.7 Å². The molecule has 0 saturated carbocycles. The molecule has 3 N–H and O–H groups in total. The molecular weight excluding hydrogens is 226 g/mol. The first-order valence-corrected chi connectivity index (χ1v) is 7.10. The van der Waals surface area contributed by atoms with Gasteiger partial charge >= 0.3 is 0 Å². The molecular formula is C15H33NO2. The summed E-state index contributed by atoms with van der Waals surface area (Å²) in [5.41, 5.74) is 5.36. The van der Waals surface area contributed by atoms with Crippen LogP contribution in [0.5, 0.6) is 0 Å². The van der Waals surface area contributed by atoms with Crippen LogP contribution in [0.3, 0.4) is 0 Å². The van der Waals surface area contributed by atoms with E-state index in [1.807, 2.05) is 27.7 Å². The zero-order chi connectivity index (χ0) is 14.6. The van der Waals surface area contributed by atoms with Crippen LogP contribution in [0.25, 0.3) is 0 Å². The van der Waals surface area contributed by atoms with Gasteiger partial charge in [0, 0.05) is 18.8 Å². The van der Waals surface area contributed by atoms with Crippen molar-refractivity contribution in [1.82, 2.24) is 0 Å². The number of hydrogen-bond donors (Lipinski definition) is 2. The summed E-state index contributed by atoms with van der Waals surface area (Å²) in [5, 5.41) is 9.28. The topological polar surface area (TPSA) is 55.5 Å². The Labute approximate surface area is 113 Å². The molecule has 0 rings (SSSR count). The number of nitrogens with two attached hydrogens (primary N) is 1. The van der Waals surface area contributed by atoms with Crippen LogP contribution in [0.1, 0.15) is 54.9 Å². The predicted octanol–water partition coefficient (Wildman–Crippen LogP) is 2.81. The van der Waals surface area contributed by atoms with E-state index in [-0.39, 0.29) is 12.5 Å². The van der Waals surface area contributed by atoms with Crippen molar-refractivity contribution in [1.29, 1.82) is 0 Å². The molecule has 0 spiro atoms. The molecule has 18 heavy (non-hydrogen) atoms. The molecule has 3 unspecified atom stereocenters. The fourth-order valence-corrected chi connectivity index (χ4v) is 1.77. The van der Waals surface area contributed by atoms with Gasteiger partial charge in [0.05, 0.1) is 5.60 Å². The van der Waals surface area contributed by atoms with E-state index in [9.17, 15) is 5.11 Å². The van der Waals surface area contributed by atoms with Gasteiger partial charge in [-0.2, -0.15) is 0 Å². The van der Waals surface area contributed by atoms with Crippen molar-refractivity contribution < 1.29 is 9.84 Å². The first-order chi connectivity index (χ1) is 8.06. The zero-order valence-corrected chi connectivity index (χ0v) is 13.3. The highest BCUT2D eigenvalue weighted by atomic mass is 16.5. The lowest BCUT2D eigenvalue weighted by Crippen LogP contribution is -2.61. The van der Waals surface area contributed by atoms with Crippen LogP contribution in [0.4, 0.5) is 0 Å². The SMILES string of the molecule is CC(C)C(C)CCOC(C)(C)C(C)(N)C(C)CO. The lowest BCUT2D eigenvalue weighted by molar-refractivity contribution is -0.0931. The van der Waals surface area contributed by atoms with E-state index >= 15 is 0 Å². The smallest absolute Gasteiger partial charge is 0.0805 e. The minimum Gasteiger partial charge on any atom is -0.396 e. The van der Waals surface area contributed by atoms with Gasteiger partial charge in [0.1, 0.15) is 0 Å². The second kappa shape index (κ2) is 6.88. The van der Waals surface area contributed by atoms with E-state index in [2.05, 4.69) is 20.8 Å². The minimum atomic E-state index is -0.539. The molecule has 0 aromatic rings. The van der Waals surface area contributed by atoms with Crippen LogP contribution in [-0.4, -0.2) is 29.5 Å². The van der Waals surface area contributed by atoms with Crippen LogP contribution in [0.2, 0.25) is 0 Å². The fourth-order valence-electron chi connectivity index (χ4n) is 1.77. The summed E-state index contributed by atoms with van der Waals surface area (Å²) < 4.78 is 6.00. The molecule has 0 fully saturated rings. The van der Waals surface area contributed by atoms with Crippen molar-refractivity contribution >= 4 is 0 Å². The van der Waals surface area contributed by atoms with E-state index in [0.29, 0.717) is 11.8 Å². The lowest BCUT2D eigenvalue weighted by Gasteiger charge is -2.45. The first-order valence-electron chi connectivity index (χ1n) is 7.10. The molecule has 0 heterocycles. The van der Waals surface area contributed by atoms with Crippen LogP contribution < -0.4 is 5.73 Å². The van der Waals surface area contributed by atoms with Gasteiger partial charge in [-0.3, -0.25) is 0 Å². The fraction of sp³-hybridized carbons (Fsp3) is 1.00. The Kier molecular flexibility index (Phi) is 6.83. The Balaban J connectivity index is 4.39. The molecule has 110 valence electrons. The minimum absolute atomic E-state index is 0.00928. The highest BCUT2D eigenvalue weighted by molar-refractivity contribution is 4.99. The van der Waals surface area contributed by atoms with Crippen molar-refractivity contribution in [2.45, 2.75) is 66.0 Å². The Bertz CT molecular complexity index is 237.